The summed E-state index contributed by atoms with van der Waals surface area (Å²) in [5.41, 5.74) is 1.24. The van der Waals surface area contributed by atoms with Gasteiger partial charge >= 0.3 is 0 Å². The smallest absolute Gasteiger partial charge is 0.253 e. The zero-order valence-corrected chi connectivity index (χ0v) is 16.5. The van der Waals surface area contributed by atoms with Crippen molar-refractivity contribution in [3.05, 3.63) is 42.0 Å². The van der Waals surface area contributed by atoms with Gasteiger partial charge in [-0.05, 0) is 67.2 Å². The SMILES string of the molecule is O=C(c1ccc(N2C(=O)C3C4C=CC(C5CC45)C3C2=O)cc1)N1CCCCCC1. The predicted octanol–water partition coefficient (Wildman–Crippen LogP) is 3.26. The van der Waals surface area contributed by atoms with Gasteiger partial charge < -0.3 is 4.90 Å². The number of carbonyl (C=O) groups is 3. The normalized spacial score (nSPS) is 37.4. The largest absolute Gasteiger partial charge is 0.339 e. The highest BCUT2D eigenvalue weighted by atomic mass is 16.2. The molecule has 6 unspecified atom stereocenters. The van der Waals surface area contributed by atoms with Crippen molar-refractivity contribution in [2.75, 3.05) is 18.0 Å². The van der Waals surface area contributed by atoms with Crippen LogP contribution >= 0.6 is 0 Å². The summed E-state index contributed by atoms with van der Waals surface area (Å²) in [6.07, 6.45) is 10.0. The monoisotopic (exact) mass is 390 g/mol. The Labute approximate surface area is 170 Å². The molecule has 6 atom stereocenters. The van der Waals surface area contributed by atoms with Crippen molar-refractivity contribution in [1.29, 1.82) is 0 Å². The van der Waals surface area contributed by atoms with E-state index in [1.54, 1.807) is 24.3 Å². The summed E-state index contributed by atoms with van der Waals surface area (Å²) in [4.78, 5) is 42.6. The van der Waals surface area contributed by atoms with E-state index >= 15 is 0 Å². The fourth-order valence-corrected chi connectivity index (χ4v) is 6.42. The highest BCUT2D eigenvalue weighted by molar-refractivity contribution is 6.22. The molecule has 2 heterocycles. The lowest BCUT2D eigenvalue weighted by Crippen LogP contribution is -2.40. The summed E-state index contributed by atoms with van der Waals surface area (Å²) in [6.45, 7) is 1.62. The van der Waals surface area contributed by atoms with Crippen molar-refractivity contribution in [2.45, 2.75) is 32.1 Å². The Morgan fingerprint density at radius 3 is 1.90 bits per heavy atom. The first-order valence-electron chi connectivity index (χ1n) is 11.1. The van der Waals surface area contributed by atoms with Gasteiger partial charge in [0.15, 0.2) is 0 Å². The molecule has 3 amide bonds. The first-order chi connectivity index (χ1) is 14.1. The average molecular weight is 390 g/mol. The maximum atomic E-state index is 13.2. The molecule has 2 saturated heterocycles. The third kappa shape index (κ3) is 2.49. The molecule has 2 bridgehead atoms. The second-order valence-electron chi connectivity index (χ2n) is 9.42. The summed E-state index contributed by atoms with van der Waals surface area (Å²) in [6, 6.07) is 7.09. The number of amides is 3. The van der Waals surface area contributed by atoms with E-state index in [2.05, 4.69) is 12.2 Å². The summed E-state index contributed by atoms with van der Waals surface area (Å²) in [7, 11) is 0. The van der Waals surface area contributed by atoms with Crippen molar-refractivity contribution >= 4 is 23.4 Å². The van der Waals surface area contributed by atoms with Crippen molar-refractivity contribution < 1.29 is 14.4 Å². The maximum Gasteiger partial charge on any atom is 0.253 e. The Hall–Kier alpha value is -2.43. The summed E-state index contributed by atoms with van der Waals surface area (Å²) < 4.78 is 0. The van der Waals surface area contributed by atoms with E-state index in [1.807, 2.05) is 4.90 Å². The lowest BCUT2D eigenvalue weighted by atomic mass is 9.63. The van der Waals surface area contributed by atoms with Gasteiger partial charge in [0, 0.05) is 18.7 Å². The molecule has 5 heteroatoms. The summed E-state index contributed by atoms with van der Waals surface area (Å²) in [5, 5.41) is 0. The van der Waals surface area contributed by atoms with E-state index in [0.717, 1.165) is 25.9 Å². The average Bonchev–Trinajstić information content (AvgIpc) is 3.55. The maximum absolute atomic E-state index is 13.2. The van der Waals surface area contributed by atoms with Gasteiger partial charge in [-0.3, -0.25) is 19.3 Å². The van der Waals surface area contributed by atoms with Gasteiger partial charge in [0.05, 0.1) is 17.5 Å². The van der Waals surface area contributed by atoms with Crippen LogP contribution in [0.4, 0.5) is 5.69 Å². The van der Waals surface area contributed by atoms with Crippen molar-refractivity contribution in [2.24, 2.45) is 35.5 Å². The van der Waals surface area contributed by atoms with E-state index in [4.69, 9.17) is 0 Å². The number of carbonyl (C=O) groups excluding carboxylic acids is 3. The molecule has 2 aliphatic heterocycles. The molecule has 1 aromatic rings. The zero-order chi connectivity index (χ0) is 19.7. The molecule has 6 aliphatic rings. The molecular weight excluding hydrogens is 364 g/mol. The number of allylic oxidation sites excluding steroid dienone is 2. The van der Waals surface area contributed by atoms with Gasteiger partial charge in [0.25, 0.3) is 5.91 Å². The molecule has 1 aromatic carbocycles. The molecule has 0 N–H and O–H groups in total. The van der Waals surface area contributed by atoms with E-state index in [0.29, 0.717) is 23.1 Å². The Balaban J connectivity index is 1.24. The van der Waals surface area contributed by atoms with E-state index in [1.165, 1.54) is 24.2 Å². The zero-order valence-electron chi connectivity index (χ0n) is 16.5. The number of imide groups is 1. The van der Waals surface area contributed by atoms with Crippen molar-refractivity contribution in [3.8, 4) is 0 Å². The van der Waals surface area contributed by atoms with Crippen LogP contribution < -0.4 is 4.90 Å². The highest BCUT2D eigenvalue weighted by Gasteiger charge is 2.67. The van der Waals surface area contributed by atoms with Gasteiger partial charge in [-0.1, -0.05) is 25.0 Å². The van der Waals surface area contributed by atoms with Gasteiger partial charge in [0.2, 0.25) is 11.8 Å². The van der Waals surface area contributed by atoms with Crippen LogP contribution in [0.25, 0.3) is 0 Å². The quantitative estimate of drug-likeness (QED) is 0.575. The van der Waals surface area contributed by atoms with Crippen LogP contribution in [-0.2, 0) is 9.59 Å². The lowest BCUT2D eigenvalue weighted by molar-refractivity contribution is -0.124. The number of benzene rings is 1. The standard InChI is InChI=1S/C24H26N2O3/c27-22(25-11-3-1-2-4-12-25)14-5-7-15(8-6-14)26-23(28)20-16-9-10-17(19-13-18(16)19)21(20)24(26)29/h5-10,16-21H,1-4,11-13H2. The fourth-order valence-electron chi connectivity index (χ4n) is 6.42. The Morgan fingerprint density at radius 1 is 0.793 bits per heavy atom. The molecule has 5 nitrogen and oxygen atoms in total. The van der Waals surface area contributed by atoms with Crippen LogP contribution in [0.3, 0.4) is 0 Å². The molecular formula is C24H26N2O3. The van der Waals surface area contributed by atoms with Crippen molar-refractivity contribution in [3.63, 3.8) is 0 Å². The number of rotatable bonds is 2. The molecule has 29 heavy (non-hydrogen) atoms. The van der Waals surface area contributed by atoms with E-state index in [9.17, 15) is 14.4 Å². The number of hydrogen-bond donors (Lipinski definition) is 0. The molecule has 150 valence electrons. The third-order valence-corrected chi connectivity index (χ3v) is 7.93. The highest BCUT2D eigenvalue weighted by Crippen LogP contribution is 2.65. The van der Waals surface area contributed by atoms with Gasteiger partial charge in [-0.2, -0.15) is 0 Å². The second-order valence-corrected chi connectivity index (χ2v) is 9.42. The first kappa shape index (κ1) is 17.4. The lowest BCUT2D eigenvalue weighted by Gasteiger charge is -2.37. The van der Waals surface area contributed by atoms with E-state index in [-0.39, 0.29) is 41.4 Å². The molecule has 0 radical (unpaired) electrons. The van der Waals surface area contributed by atoms with Crippen LogP contribution in [0.1, 0.15) is 42.5 Å². The summed E-state index contributed by atoms with van der Waals surface area (Å²) in [5.74, 6) is 1.29. The van der Waals surface area contributed by atoms with Crippen LogP contribution in [-0.4, -0.2) is 35.7 Å². The minimum absolute atomic E-state index is 0.0451. The van der Waals surface area contributed by atoms with E-state index < -0.39 is 0 Å². The first-order valence-corrected chi connectivity index (χ1v) is 11.1. The minimum atomic E-state index is -0.181. The molecule has 0 aromatic heterocycles. The third-order valence-electron chi connectivity index (χ3n) is 7.93. The Morgan fingerprint density at radius 2 is 1.34 bits per heavy atom. The predicted molar refractivity (Wildman–Crippen MR) is 108 cm³/mol. The number of anilines is 1. The molecule has 4 aliphatic carbocycles. The Kier molecular flexibility index (Phi) is 3.78. The van der Waals surface area contributed by atoms with Crippen molar-refractivity contribution in [1.82, 2.24) is 4.90 Å². The van der Waals surface area contributed by atoms with Crippen LogP contribution in [0.15, 0.2) is 36.4 Å². The fraction of sp³-hybridized carbons (Fsp3) is 0.542. The molecule has 4 fully saturated rings. The van der Waals surface area contributed by atoms with Crippen LogP contribution in [0.2, 0.25) is 0 Å². The van der Waals surface area contributed by atoms with Crippen LogP contribution in [0, 0.1) is 35.5 Å². The number of nitrogens with zero attached hydrogens (tertiary/aromatic N) is 2. The van der Waals surface area contributed by atoms with Gasteiger partial charge in [-0.15, -0.1) is 0 Å². The molecule has 0 spiro atoms. The van der Waals surface area contributed by atoms with Gasteiger partial charge in [0.1, 0.15) is 0 Å². The number of likely N-dealkylation sites (tertiary alicyclic amines) is 1. The Bertz CT molecular complexity index is 877. The molecule has 7 rings (SSSR count). The minimum Gasteiger partial charge on any atom is -0.339 e. The van der Waals surface area contributed by atoms with Crippen LogP contribution in [0.5, 0.6) is 0 Å². The molecule has 2 saturated carbocycles. The number of hydrogen-bond acceptors (Lipinski definition) is 3. The topological polar surface area (TPSA) is 57.7 Å². The second kappa shape index (κ2) is 6.28. The van der Waals surface area contributed by atoms with Gasteiger partial charge in [-0.25, -0.2) is 0 Å². The summed E-state index contributed by atoms with van der Waals surface area (Å²) >= 11 is 0.